The average Bonchev–Trinajstić information content (AvgIpc) is 2.45. The molecule has 0 spiro atoms. The Kier molecular flexibility index (Phi) is 10.2. The van der Waals surface area contributed by atoms with Crippen LogP contribution in [0.5, 0.6) is 5.75 Å². The molecule has 0 bridgehead atoms. The quantitative estimate of drug-likeness (QED) is 0.376. The lowest BCUT2D eigenvalue weighted by atomic mass is 10.1. The summed E-state index contributed by atoms with van der Waals surface area (Å²) in [5, 5.41) is 6.11. The predicted octanol–water partition coefficient (Wildman–Crippen LogP) is 1.07. The zero-order chi connectivity index (χ0) is 15.7. The Balaban J connectivity index is 0.00000441. The van der Waals surface area contributed by atoms with Crippen molar-refractivity contribution in [1.29, 1.82) is 0 Å². The summed E-state index contributed by atoms with van der Waals surface area (Å²) in [6, 6.07) is 7.84. The molecule has 22 heavy (non-hydrogen) atoms. The van der Waals surface area contributed by atoms with Gasteiger partial charge in [0.2, 0.25) is 0 Å². The zero-order valence-electron chi connectivity index (χ0n) is 13.1. The second-order valence-corrected chi connectivity index (χ2v) is 6.88. The van der Waals surface area contributed by atoms with E-state index in [1.165, 1.54) is 6.26 Å². The van der Waals surface area contributed by atoms with E-state index in [4.69, 9.17) is 4.74 Å². The molecule has 1 aromatic carbocycles. The number of rotatable bonds is 7. The Bertz CT molecular complexity index is 576. The van der Waals surface area contributed by atoms with Gasteiger partial charge in [-0.25, -0.2) is 8.42 Å². The van der Waals surface area contributed by atoms with E-state index in [0.717, 1.165) is 17.7 Å². The van der Waals surface area contributed by atoms with E-state index >= 15 is 0 Å². The van der Waals surface area contributed by atoms with Crippen molar-refractivity contribution in [2.75, 3.05) is 39.3 Å². The first-order chi connectivity index (χ1) is 9.96. The number of hydrogen-bond acceptors (Lipinski definition) is 4. The molecule has 6 nitrogen and oxygen atoms in total. The Morgan fingerprint density at radius 3 is 2.45 bits per heavy atom. The predicted molar refractivity (Wildman–Crippen MR) is 101 cm³/mol. The maximum Gasteiger partial charge on any atom is 0.191 e. The Morgan fingerprint density at radius 1 is 1.23 bits per heavy atom. The average molecular weight is 441 g/mol. The maximum atomic E-state index is 11.1. The van der Waals surface area contributed by atoms with Crippen LogP contribution in [0.25, 0.3) is 0 Å². The molecule has 0 fully saturated rings. The third kappa shape index (κ3) is 8.42. The van der Waals surface area contributed by atoms with Gasteiger partial charge in [0.05, 0.1) is 12.9 Å². The molecule has 0 atom stereocenters. The molecule has 126 valence electrons. The number of para-hydroxylation sites is 1. The van der Waals surface area contributed by atoms with Gasteiger partial charge in [-0.3, -0.25) is 4.99 Å². The van der Waals surface area contributed by atoms with Gasteiger partial charge in [0.1, 0.15) is 15.6 Å². The van der Waals surface area contributed by atoms with Crippen molar-refractivity contribution in [3.8, 4) is 5.75 Å². The van der Waals surface area contributed by atoms with Gasteiger partial charge >= 0.3 is 0 Å². The van der Waals surface area contributed by atoms with E-state index in [1.54, 1.807) is 14.2 Å². The van der Waals surface area contributed by atoms with Crippen LogP contribution in [-0.2, 0) is 16.3 Å². The lowest BCUT2D eigenvalue weighted by Crippen LogP contribution is -2.40. The van der Waals surface area contributed by atoms with Crippen molar-refractivity contribution in [3.05, 3.63) is 29.8 Å². The van der Waals surface area contributed by atoms with Crippen molar-refractivity contribution >= 4 is 39.8 Å². The van der Waals surface area contributed by atoms with Gasteiger partial charge in [-0.15, -0.1) is 24.0 Å². The van der Waals surface area contributed by atoms with E-state index in [0.29, 0.717) is 19.0 Å². The fourth-order valence-electron chi connectivity index (χ4n) is 1.80. The molecule has 1 rings (SSSR count). The number of nitrogens with one attached hydrogen (secondary N) is 2. The Morgan fingerprint density at radius 2 is 1.86 bits per heavy atom. The van der Waals surface area contributed by atoms with Gasteiger partial charge in [-0.1, -0.05) is 18.2 Å². The van der Waals surface area contributed by atoms with E-state index in [2.05, 4.69) is 15.6 Å². The lowest BCUT2D eigenvalue weighted by molar-refractivity contribution is 0.409. The number of methoxy groups -OCH3 is 1. The van der Waals surface area contributed by atoms with Gasteiger partial charge in [-0.05, 0) is 18.1 Å². The van der Waals surface area contributed by atoms with Gasteiger partial charge in [0, 0.05) is 26.4 Å². The second-order valence-electron chi connectivity index (χ2n) is 4.62. The number of guanidine groups is 1. The highest BCUT2D eigenvalue weighted by atomic mass is 127. The topological polar surface area (TPSA) is 79.8 Å². The van der Waals surface area contributed by atoms with E-state index in [-0.39, 0.29) is 29.7 Å². The van der Waals surface area contributed by atoms with Crippen LogP contribution >= 0.6 is 24.0 Å². The smallest absolute Gasteiger partial charge is 0.191 e. The van der Waals surface area contributed by atoms with Crippen LogP contribution < -0.4 is 15.4 Å². The van der Waals surface area contributed by atoms with Crippen molar-refractivity contribution < 1.29 is 13.2 Å². The van der Waals surface area contributed by atoms with Crippen LogP contribution in [0.4, 0.5) is 0 Å². The normalized spacial score (nSPS) is 11.5. The summed E-state index contributed by atoms with van der Waals surface area (Å²) in [5.41, 5.74) is 1.11. The van der Waals surface area contributed by atoms with Crippen LogP contribution in [0.2, 0.25) is 0 Å². The molecule has 0 heterocycles. The van der Waals surface area contributed by atoms with Crippen molar-refractivity contribution in [2.45, 2.75) is 6.42 Å². The van der Waals surface area contributed by atoms with E-state index in [1.807, 2.05) is 24.3 Å². The highest BCUT2D eigenvalue weighted by Crippen LogP contribution is 2.17. The van der Waals surface area contributed by atoms with Crippen LogP contribution in [0.3, 0.4) is 0 Å². The number of hydrogen-bond donors (Lipinski definition) is 2. The summed E-state index contributed by atoms with van der Waals surface area (Å²) in [7, 11) is 0.340. The third-order valence-electron chi connectivity index (χ3n) is 2.87. The zero-order valence-corrected chi connectivity index (χ0v) is 16.3. The number of sulfone groups is 1. The number of benzene rings is 1. The molecular weight excluding hydrogens is 417 g/mol. The number of aliphatic imine (C=N–C) groups is 1. The third-order valence-corrected chi connectivity index (χ3v) is 3.81. The highest BCUT2D eigenvalue weighted by molar-refractivity contribution is 14.0. The van der Waals surface area contributed by atoms with Crippen molar-refractivity contribution in [1.82, 2.24) is 10.6 Å². The van der Waals surface area contributed by atoms with E-state index < -0.39 is 9.84 Å². The fourth-order valence-corrected chi connectivity index (χ4v) is 2.27. The maximum absolute atomic E-state index is 11.1. The van der Waals surface area contributed by atoms with Gasteiger partial charge in [-0.2, -0.15) is 0 Å². The SMILES string of the molecule is CN=C(NCCc1ccccc1OC)NCCS(C)(=O)=O.I. The minimum absolute atomic E-state index is 0. The van der Waals surface area contributed by atoms with Crippen LogP contribution in [0, 0.1) is 0 Å². The molecule has 0 aliphatic rings. The van der Waals surface area contributed by atoms with Gasteiger partial charge < -0.3 is 15.4 Å². The van der Waals surface area contributed by atoms with Crippen molar-refractivity contribution in [2.24, 2.45) is 4.99 Å². The first kappa shape index (κ1) is 21.0. The number of ether oxygens (including phenoxy) is 1. The summed E-state index contributed by atoms with van der Waals surface area (Å²) < 4.78 is 27.4. The summed E-state index contributed by atoms with van der Waals surface area (Å²) in [4.78, 5) is 4.05. The molecule has 2 N–H and O–H groups in total. The van der Waals surface area contributed by atoms with Crippen LogP contribution in [-0.4, -0.2) is 53.6 Å². The summed E-state index contributed by atoms with van der Waals surface area (Å²) >= 11 is 0. The van der Waals surface area contributed by atoms with Gasteiger partial charge in [0.25, 0.3) is 0 Å². The molecule has 0 saturated heterocycles. The minimum atomic E-state index is -2.96. The molecule has 0 radical (unpaired) electrons. The molecule has 8 heteroatoms. The van der Waals surface area contributed by atoms with E-state index in [9.17, 15) is 8.42 Å². The minimum Gasteiger partial charge on any atom is -0.496 e. The van der Waals surface area contributed by atoms with Crippen LogP contribution in [0.1, 0.15) is 5.56 Å². The lowest BCUT2D eigenvalue weighted by Gasteiger charge is -2.12. The van der Waals surface area contributed by atoms with Crippen molar-refractivity contribution in [3.63, 3.8) is 0 Å². The Labute approximate surface area is 149 Å². The summed E-state index contributed by atoms with van der Waals surface area (Å²) in [6.07, 6.45) is 2.00. The standard InChI is InChI=1S/C14H23N3O3S.HI/c1-15-14(17-10-11-21(3,18)19)16-9-8-12-6-4-5-7-13(12)20-2;/h4-7H,8-11H2,1-3H3,(H2,15,16,17);1H. The highest BCUT2D eigenvalue weighted by Gasteiger charge is 2.04. The molecule has 0 aromatic heterocycles. The molecule has 0 aliphatic carbocycles. The van der Waals surface area contributed by atoms with Gasteiger partial charge in [0.15, 0.2) is 5.96 Å². The fraction of sp³-hybridized carbons (Fsp3) is 0.500. The first-order valence-corrected chi connectivity index (χ1v) is 8.76. The molecular formula is C14H24IN3O3S. The first-order valence-electron chi connectivity index (χ1n) is 6.70. The largest absolute Gasteiger partial charge is 0.496 e. The summed E-state index contributed by atoms with van der Waals surface area (Å²) in [5.74, 6) is 1.54. The number of halogens is 1. The molecule has 0 amide bonds. The van der Waals surface area contributed by atoms with Crippen LogP contribution in [0.15, 0.2) is 29.3 Å². The number of nitrogens with zero attached hydrogens (tertiary/aromatic N) is 1. The molecule has 0 unspecified atom stereocenters. The molecule has 0 saturated carbocycles. The monoisotopic (exact) mass is 441 g/mol. The molecule has 0 aliphatic heterocycles. The summed E-state index contributed by atoms with van der Waals surface area (Å²) in [6.45, 7) is 1.02. The molecule has 1 aromatic rings. The second kappa shape index (κ2) is 10.7. The Hall–Kier alpha value is -1.03.